The number of aromatic nitrogens is 2. The van der Waals surface area contributed by atoms with Crippen molar-refractivity contribution in [2.24, 2.45) is 0 Å². The largest absolute Gasteiger partial charge is 0.384 e. The van der Waals surface area contributed by atoms with Gasteiger partial charge in [-0.2, -0.15) is 0 Å². The average molecular weight is 219 g/mol. The molecular weight excluding hydrogens is 206 g/mol. The Labute approximate surface area is 91.5 Å². The molecule has 1 unspecified atom stereocenters. The maximum absolute atomic E-state index is 11.1. The quantitative estimate of drug-likeness (QED) is 0.546. The Morgan fingerprint density at radius 2 is 2.06 bits per heavy atom. The van der Waals surface area contributed by atoms with Crippen molar-refractivity contribution >= 4 is 11.0 Å². The fraction of sp³-hybridized carbons (Fsp3) is 0.364. The van der Waals surface area contributed by atoms with E-state index in [0.717, 1.165) is 23.1 Å². The van der Waals surface area contributed by atoms with Gasteiger partial charge in [-0.25, -0.2) is 4.79 Å². The van der Waals surface area contributed by atoms with Gasteiger partial charge in [0.25, 0.3) is 0 Å². The number of H-pyrrole nitrogens is 2. The molecule has 1 fully saturated rings. The third-order valence-corrected chi connectivity index (χ3v) is 3.19. The van der Waals surface area contributed by atoms with Gasteiger partial charge in [0.2, 0.25) is 0 Å². The van der Waals surface area contributed by atoms with Crippen molar-refractivity contribution < 1.29 is 5.11 Å². The molecule has 2 aromatic rings. The van der Waals surface area contributed by atoms with Crippen molar-refractivity contribution in [1.29, 1.82) is 0 Å². The number of β-amino-alcohol motifs (C(OH)–C–C–N with tert-alkyl or cyclic N) is 1. The van der Waals surface area contributed by atoms with Gasteiger partial charge in [0.05, 0.1) is 11.0 Å². The van der Waals surface area contributed by atoms with Crippen molar-refractivity contribution in [3.8, 4) is 0 Å². The average Bonchev–Trinajstić information content (AvgIpc) is 2.82. The summed E-state index contributed by atoms with van der Waals surface area (Å²) in [5.74, 6) is 0. The van der Waals surface area contributed by atoms with Crippen LogP contribution in [0.15, 0.2) is 23.0 Å². The Kier molecular flexibility index (Phi) is 1.92. The normalized spacial score (nSPS) is 25.3. The predicted molar refractivity (Wildman–Crippen MR) is 60.3 cm³/mol. The third kappa shape index (κ3) is 1.36. The van der Waals surface area contributed by atoms with Gasteiger partial charge in [0.15, 0.2) is 0 Å². The fourth-order valence-electron chi connectivity index (χ4n) is 2.25. The van der Waals surface area contributed by atoms with E-state index in [2.05, 4.69) is 15.3 Å². The molecule has 0 radical (unpaired) electrons. The molecule has 0 spiro atoms. The van der Waals surface area contributed by atoms with Crippen molar-refractivity contribution in [1.82, 2.24) is 15.3 Å². The van der Waals surface area contributed by atoms with E-state index in [1.54, 1.807) is 0 Å². The summed E-state index contributed by atoms with van der Waals surface area (Å²) in [5.41, 5.74) is 1.33. The molecule has 0 saturated carbocycles. The van der Waals surface area contributed by atoms with Crippen LogP contribution >= 0.6 is 0 Å². The lowest BCUT2D eigenvalue weighted by Gasteiger charge is -2.21. The Morgan fingerprint density at radius 1 is 1.25 bits per heavy atom. The zero-order valence-electron chi connectivity index (χ0n) is 8.71. The van der Waals surface area contributed by atoms with Crippen LogP contribution in [0.2, 0.25) is 0 Å². The number of benzene rings is 1. The van der Waals surface area contributed by atoms with E-state index >= 15 is 0 Å². The number of hydrogen-bond donors (Lipinski definition) is 4. The van der Waals surface area contributed by atoms with E-state index in [1.165, 1.54) is 0 Å². The minimum absolute atomic E-state index is 0.219. The Balaban J connectivity index is 2.14. The van der Waals surface area contributed by atoms with E-state index in [-0.39, 0.29) is 5.69 Å². The maximum atomic E-state index is 11.1. The van der Waals surface area contributed by atoms with Crippen LogP contribution in [0.25, 0.3) is 11.0 Å². The van der Waals surface area contributed by atoms with Crippen molar-refractivity contribution in [3.05, 3.63) is 34.2 Å². The predicted octanol–water partition coefficient (Wildman–Crippen LogP) is 0.0371. The molecule has 1 aromatic carbocycles. The molecule has 84 valence electrons. The molecule has 16 heavy (non-hydrogen) atoms. The fourth-order valence-corrected chi connectivity index (χ4v) is 2.25. The second-order valence-electron chi connectivity index (χ2n) is 4.30. The van der Waals surface area contributed by atoms with Crippen molar-refractivity contribution in [2.45, 2.75) is 12.0 Å². The van der Waals surface area contributed by atoms with Crippen LogP contribution in [-0.4, -0.2) is 28.2 Å². The standard InChI is InChI=1S/C11H13N3O2/c15-10-13-8-2-1-7(5-9(8)14-10)11(16)3-4-12-6-11/h1-2,5,12,16H,3-4,6H2,(H2,13,14,15). The number of hydrogen-bond acceptors (Lipinski definition) is 3. The first kappa shape index (κ1) is 9.62. The molecule has 1 atom stereocenters. The molecule has 2 heterocycles. The summed E-state index contributed by atoms with van der Waals surface area (Å²) in [4.78, 5) is 16.5. The second-order valence-corrected chi connectivity index (χ2v) is 4.30. The first-order valence-electron chi connectivity index (χ1n) is 5.33. The first-order valence-corrected chi connectivity index (χ1v) is 5.33. The molecule has 0 amide bonds. The van der Waals surface area contributed by atoms with E-state index < -0.39 is 5.60 Å². The van der Waals surface area contributed by atoms with Gasteiger partial charge in [0, 0.05) is 6.54 Å². The zero-order chi connectivity index (χ0) is 11.2. The van der Waals surface area contributed by atoms with E-state index in [4.69, 9.17) is 0 Å². The molecular formula is C11H13N3O2. The van der Waals surface area contributed by atoms with Gasteiger partial charge in [-0.15, -0.1) is 0 Å². The van der Waals surface area contributed by atoms with E-state index in [0.29, 0.717) is 13.0 Å². The summed E-state index contributed by atoms with van der Waals surface area (Å²) in [6.07, 6.45) is 0.702. The zero-order valence-corrected chi connectivity index (χ0v) is 8.71. The van der Waals surface area contributed by atoms with Crippen LogP contribution in [0, 0.1) is 0 Å². The molecule has 1 aliphatic rings. The molecule has 4 N–H and O–H groups in total. The molecule has 0 bridgehead atoms. The summed E-state index contributed by atoms with van der Waals surface area (Å²) in [6, 6.07) is 5.51. The Morgan fingerprint density at radius 3 is 2.81 bits per heavy atom. The van der Waals surface area contributed by atoms with Crippen LogP contribution in [0.1, 0.15) is 12.0 Å². The first-order chi connectivity index (χ1) is 7.67. The summed E-state index contributed by atoms with van der Waals surface area (Å²) in [6.45, 7) is 1.38. The lowest BCUT2D eigenvalue weighted by atomic mass is 9.93. The topological polar surface area (TPSA) is 80.9 Å². The molecule has 3 rings (SSSR count). The van der Waals surface area contributed by atoms with Gasteiger partial charge < -0.3 is 20.4 Å². The summed E-state index contributed by atoms with van der Waals surface area (Å²) >= 11 is 0. The van der Waals surface area contributed by atoms with Crippen LogP contribution in [0.5, 0.6) is 0 Å². The lowest BCUT2D eigenvalue weighted by Crippen LogP contribution is -2.28. The molecule has 5 nitrogen and oxygen atoms in total. The van der Waals surface area contributed by atoms with Gasteiger partial charge in [-0.1, -0.05) is 6.07 Å². The molecule has 1 aliphatic heterocycles. The van der Waals surface area contributed by atoms with Gasteiger partial charge in [-0.05, 0) is 30.7 Å². The molecule has 1 aromatic heterocycles. The van der Waals surface area contributed by atoms with Crippen LogP contribution in [0.3, 0.4) is 0 Å². The lowest BCUT2D eigenvalue weighted by molar-refractivity contribution is 0.0589. The smallest absolute Gasteiger partial charge is 0.323 e. The Hall–Kier alpha value is -1.59. The third-order valence-electron chi connectivity index (χ3n) is 3.19. The maximum Gasteiger partial charge on any atom is 0.323 e. The second kappa shape index (κ2) is 3.20. The van der Waals surface area contributed by atoms with Crippen molar-refractivity contribution in [2.75, 3.05) is 13.1 Å². The minimum atomic E-state index is -0.803. The number of rotatable bonds is 1. The summed E-state index contributed by atoms with van der Waals surface area (Å²) in [5, 5.41) is 13.5. The number of imidazole rings is 1. The summed E-state index contributed by atoms with van der Waals surface area (Å²) < 4.78 is 0. The van der Waals surface area contributed by atoms with Gasteiger partial charge >= 0.3 is 5.69 Å². The van der Waals surface area contributed by atoms with Crippen molar-refractivity contribution in [3.63, 3.8) is 0 Å². The highest BCUT2D eigenvalue weighted by molar-refractivity contribution is 5.75. The number of aromatic amines is 2. The van der Waals surface area contributed by atoms with Gasteiger partial charge in [0.1, 0.15) is 5.60 Å². The summed E-state index contributed by atoms with van der Waals surface area (Å²) in [7, 11) is 0. The Bertz CT molecular complexity index is 578. The van der Waals surface area contributed by atoms with Crippen LogP contribution in [0.4, 0.5) is 0 Å². The van der Waals surface area contributed by atoms with E-state index in [1.807, 2.05) is 18.2 Å². The minimum Gasteiger partial charge on any atom is -0.384 e. The highest BCUT2D eigenvalue weighted by Crippen LogP contribution is 2.28. The van der Waals surface area contributed by atoms with E-state index in [9.17, 15) is 9.90 Å². The molecule has 5 heteroatoms. The van der Waals surface area contributed by atoms with Gasteiger partial charge in [-0.3, -0.25) is 0 Å². The monoisotopic (exact) mass is 219 g/mol. The number of nitrogens with one attached hydrogen (secondary N) is 3. The SMILES string of the molecule is O=c1[nH]c2ccc(C3(O)CCNC3)cc2[nH]1. The number of fused-ring (bicyclic) bond motifs is 1. The highest BCUT2D eigenvalue weighted by Gasteiger charge is 2.33. The van der Waals surface area contributed by atoms with Crippen LogP contribution in [-0.2, 0) is 5.60 Å². The molecule has 1 saturated heterocycles. The van der Waals surface area contributed by atoms with Crippen LogP contribution < -0.4 is 11.0 Å². The number of aliphatic hydroxyl groups is 1. The highest BCUT2D eigenvalue weighted by atomic mass is 16.3. The molecule has 0 aliphatic carbocycles.